The third-order valence-electron chi connectivity index (χ3n) is 6.82. The molecule has 4 aromatic rings. The minimum absolute atomic E-state index is 0.152. The zero-order valence-corrected chi connectivity index (χ0v) is 22.6. The third kappa shape index (κ3) is 5.32. The maximum Gasteiger partial charge on any atom is 0.267 e. The molecule has 0 atom stereocenters. The Morgan fingerprint density at radius 2 is 1.87 bits per heavy atom. The van der Waals surface area contributed by atoms with Crippen LogP contribution >= 0.6 is 11.3 Å². The Bertz CT molecular complexity index is 1500. The van der Waals surface area contributed by atoms with Crippen LogP contribution in [0, 0.1) is 6.92 Å². The average Bonchev–Trinajstić information content (AvgIpc) is 3.65. The van der Waals surface area contributed by atoms with Gasteiger partial charge in [-0.2, -0.15) is 0 Å². The number of aryl methyl sites for hydroxylation is 1. The summed E-state index contributed by atoms with van der Waals surface area (Å²) < 4.78 is 0. The van der Waals surface area contributed by atoms with Crippen LogP contribution in [0.3, 0.4) is 0 Å². The standard InChI is InChI=1S/C30H31N5O2S/c1-4-35(5-2)14-13-31-29(37)26-15-19(3)25(32-26)17-23-22-16-21(11-12-24(22)33-28(23)36)27-18-38-30(34-27)20-9-7-6-8-10-20/h6-12,15-18,32H,4-5,13-14H2,1-3H3,(H,31,37)(H,33,36)/b23-17-. The molecule has 3 heterocycles. The van der Waals surface area contributed by atoms with Crippen LogP contribution in [0.2, 0.25) is 0 Å². The van der Waals surface area contributed by atoms with Gasteiger partial charge in [-0.1, -0.05) is 50.2 Å². The topological polar surface area (TPSA) is 90.1 Å². The SMILES string of the molecule is CCN(CC)CCNC(=O)c1cc(C)c(/C=C2\C(=O)Nc3ccc(-c4csc(-c5ccccc5)n4)cc32)[nH]1. The van der Waals surface area contributed by atoms with Crippen LogP contribution < -0.4 is 10.6 Å². The second kappa shape index (κ2) is 11.2. The van der Waals surface area contributed by atoms with Gasteiger partial charge < -0.3 is 20.5 Å². The van der Waals surface area contributed by atoms with Crippen LogP contribution in [-0.4, -0.2) is 52.9 Å². The molecule has 5 rings (SSSR count). The first-order chi connectivity index (χ1) is 18.5. The molecule has 194 valence electrons. The van der Waals surface area contributed by atoms with Gasteiger partial charge in [-0.15, -0.1) is 11.3 Å². The van der Waals surface area contributed by atoms with Crippen molar-refractivity contribution in [2.75, 3.05) is 31.5 Å². The Labute approximate surface area is 226 Å². The second-order valence-corrected chi connectivity index (χ2v) is 10.1. The van der Waals surface area contributed by atoms with Crippen molar-refractivity contribution in [2.45, 2.75) is 20.8 Å². The number of anilines is 1. The fourth-order valence-corrected chi connectivity index (χ4v) is 5.40. The summed E-state index contributed by atoms with van der Waals surface area (Å²) in [5, 5.41) is 8.93. The number of nitrogens with zero attached hydrogens (tertiary/aromatic N) is 2. The molecule has 0 spiro atoms. The number of likely N-dealkylation sites (N-methyl/N-ethyl adjacent to an activating group) is 1. The van der Waals surface area contributed by atoms with Crippen LogP contribution in [0.15, 0.2) is 60.0 Å². The van der Waals surface area contributed by atoms with Crippen molar-refractivity contribution in [1.29, 1.82) is 0 Å². The Morgan fingerprint density at radius 1 is 1.08 bits per heavy atom. The molecular formula is C30H31N5O2S. The lowest BCUT2D eigenvalue weighted by molar-refractivity contribution is -0.110. The number of fused-ring (bicyclic) bond motifs is 1. The Kier molecular flexibility index (Phi) is 7.53. The molecule has 0 bridgehead atoms. The molecule has 1 aliphatic rings. The van der Waals surface area contributed by atoms with Crippen molar-refractivity contribution in [3.05, 3.63) is 82.5 Å². The number of thiazole rings is 1. The minimum atomic E-state index is -0.167. The van der Waals surface area contributed by atoms with Crippen LogP contribution in [0.5, 0.6) is 0 Å². The van der Waals surface area contributed by atoms with Crippen molar-refractivity contribution in [3.63, 3.8) is 0 Å². The molecule has 2 aromatic carbocycles. The van der Waals surface area contributed by atoms with E-state index in [1.165, 1.54) is 0 Å². The van der Waals surface area contributed by atoms with E-state index in [1.807, 2.05) is 73.0 Å². The second-order valence-electron chi connectivity index (χ2n) is 9.24. The number of benzene rings is 2. The number of aromatic nitrogens is 2. The molecule has 2 amide bonds. The fourth-order valence-electron chi connectivity index (χ4n) is 4.56. The molecule has 0 unspecified atom stereocenters. The van der Waals surface area contributed by atoms with Crippen LogP contribution in [0.25, 0.3) is 33.5 Å². The lowest BCUT2D eigenvalue weighted by Gasteiger charge is -2.17. The first-order valence-corrected chi connectivity index (χ1v) is 13.7. The number of rotatable bonds is 9. The highest BCUT2D eigenvalue weighted by Gasteiger charge is 2.25. The molecule has 7 nitrogen and oxygen atoms in total. The quantitative estimate of drug-likeness (QED) is 0.245. The first-order valence-electron chi connectivity index (χ1n) is 12.9. The van der Waals surface area contributed by atoms with Gasteiger partial charge in [0.1, 0.15) is 10.7 Å². The monoisotopic (exact) mass is 525 g/mol. The van der Waals surface area contributed by atoms with Crippen molar-refractivity contribution in [1.82, 2.24) is 20.2 Å². The molecule has 2 aromatic heterocycles. The molecule has 3 N–H and O–H groups in total. The molecule has 1 aliphatic heterocycles. The Hall–Kier alpha value is -4.01. The minimum Gasteiger partial charge on any atom is -0.351 e. The van der Waals surface area contributed by atoms with E-state index in [9.17, 15) is 9.59 Å². The number of hydrogen-bond donors (Lipinski definition) is 3. The highest BCUT2D eigenvalue weighted by molar-refractivity contribution is 7.13. The summed E-state index contributed by atoms with van der Waals surface area (Å²) in [5.74, 6) is -0.319. The van der Waals surface area contributed by atoms with Crippen molar-refractivity contribution < 1.29 is 9.59 Å². The largest absolute Gasteiger partial charge is 0.351 e. The molecule has 0 radical (unpaired) electrons. The smallest absolute Gasteiger partial charge is 0.267 e. The zero-order valence-electron chi connectivity index (χ0n) is 21.8. The maximum absolute atomic E-state index is 12.9. The van der Waals surface area contributed by atoms with E-state index in [0.29, 0.717) is 17.8 Å². The highest BCUT2D eigenvalue weighted by atomic mass is 32.1. The predicted octanol–water partition coefficient (Wildman–Crippen LogP) is 5.68. The number of carbonyl (C=O) groups excluding carboxylic acids is 2. The highest BCUT2D eigenvalue weighted by Crippen LogP contribution is 2.37. The summed E-state index contributed by atoms with van der Waals surface area (Å²) in [6.07, 6.45) is 1.82. The Morgan fingerprint density at radius 3 is 2.63 bits per heavy atom. The lowest BCUT2D eigenvalue weighted by atomic mass is 10.0. The summed E-state index contributed by atoms with van der Waals surface area (Å²) >= 11 is 1.60. The number of carbonyl (C=O) groups is 2. The molecule has 38 heavy (non-hydrogen) atoms. The summed E-state index contributed by atoms with van der Waals surface area (Å²) in [6.45, 7) is 9.44. The van der Waals surface area contributed by atoms with E-state index < -0.39 is 0 Å². The summed E-state index contributed by atoms with van der Waals surface area (Å²) in [7, 11) is 0. The molecule has 0 aliphatic carbocycles. The van der Waals surface area contributed by atoms with E-state index in [4.69, 9.17) is 4.98 Å². The van der Waals surface area contributed by atoms with E-state index in [-0.39, 0.29) is 11.8 Å². The van der Waals surface area contributed by atoms with Crippen LogP contribution in [0.4, 0.5) is 5.69 Å². The van der Waals surface area contributed by atoms with Crippen LogP contribution in [-0.2, 0) is 4.79 Å². The Balaban J connectivity index is 1.37. The molecular weight excluding hydrogens is 494 g/mol. The van der Waals surface area contributed by atoms with Gasteiger partial charge in [-0.3, -0.25) is 9.59 Å². The van der Waals surface area contributed by atoms with E-state index in [2.05, 4.69) is 34.4 Å². The number of H-pyrrole nitrogens is 1. The third-order valence-corrected chi connectivity index (χ3v) is 7.71. The van der Waals surface area contributed by atoms with Gasteiger partial charge in [-0.25, -0.2) is 4.98 Å². The number of hydrogen-bond acceptors (Lipinski definition) is 5. The fraction of sp³-hybridized carbons (Fsp3) is 0.233. The van der Waals surface area contributed by atoms with E-state index in [0.717, 1.165) is 64.0 Å². The van der Waals surface area contributed by atoms with Gasteiger partial charge in [0.05, 0.1) is 11.3 Å². The normalized spacial score (nSPS) is 13.7. The van der Waals surface area contributed by atoms with Crippen molar-refractivity contribution >= 4 is 40.5 Å². The lowest BCUT2D eigenvalue weighted by Crippen LogP contribution is -2.34. The predicted molar refractivity (Wildman–Crippen MR) is 155 cm³/mol. The summed E-state index contributed by atoms with van der Waals surface area (Å²) in [5.41, 5.74) is 7.16. The zero-order chi connectivity index (χ0) is 26.6. The molecule has 0 saturated heterocycles. The van der Waals surface area contributed by atoms with Gasteiger partial charge in [0.15, 0.2) is 0 Å². The van der Waals surface area contributed by atoms with E-state index >= 15 is 0 Å². The summed E-state index contributed by atoms with van der Waals surface area (Å²) in [6, 6.07) is 17.8. The summed E-state index contributed by atoms with van der Waals surface area (Å²) in [4.78, 5) is 35.9. The van der Waals surface area contributed by atoms with Gasteiger partial charge >= 0.3 is 0 Å². The molecule has 8 heteroatoms. The number of amides is 2. The van der Waals surface area contributed by atoms with Crippen molar-refractivity contribution in [2.24, 2.45) is 0 Å². The molecule has 0 fully saturated rings. The molecule has 0 saturated carbocycles. The van der Waals surface area contributed by atoms with Gasteiger partial charge in [0.2, 0.25) is 0 Å². The van der Waals surface area contributed by atoms with Gasteiger partial charge in [-0.05, 0) is 49.9 Å². The van der Waals surface area contributed by atoms with Crippen molar-refractivity contribution in [3.8, 4) is 21.8 Å². The number of nitrogens with one attached hydrogen (secondary N) is 3. The number of aromatic amines is 1. The van der Waals surface area contributed by atoms with Gasteiger partial charge in [0, 0.05) is 46.5 Å². The maximum atomic E-state index is 12.9. The first kappa shape index (κ1) is 25.6. The average molecular weight is 526 g/mol. The van der Waals surface area contributed by atoms with Gasteiger partial charge in [0.25, 0.3) is 11.8 Å². The van der Waals surface area contributed by atoms with Crippen LogP contribution in [0.1, 0.15) is 41.2 Å². The van der Waals surface area contributed by atoms with E-state index in [1.54, 1.807) is 11.3 Å².